The van der Waals surface area contributed by atoms with Crippen LogP contribution in [0.3, 0.4) is 0 Å². The van der Waals surface area contributed by atoms with Gasteiger partial charge in [0.15, 0.2) is 0 Å². The molecular weight excluding hydrogens is 236 g/mol. The maximum Gasteiger partial charge on any atom is 0.0963 e. The van der Waals surface area contributed by atoms with Crippen LogP contribution in [-0.4, -0.2) is 32.4 Å². The molecule has 1 aromatic rings. The number of thiazole rings is 1. The fourth-order valence-electron chi connectivity index (χ4n) is 1.67. The summed E-state index contributed by atoms with van der Waals surface area (Å²) in [4.78, 5) is 5.99. The number of nitrogens with zero attached hydrogens (tertiary/aromatic N) is 1. The molecule has 96 valence electrons. The van der Waals surface area contributed by atoms with Gasteiger partial charge in [-0.1, -0.05) is 0 Å². The zero-order chi connectivity index (χ0) is 12.1. The smallest absolute Gasteiger partial charge is 0.0963 e. The molecule has 0 saturated heterocycles. The van der Waals surface area contributed by atoms with Gasteiger partial charge in [-0.3, -0.25) is 0 Å². The first-order chi connectivity index (χ1) is 8.35. The summed E-state index contributed by atoms with van der Waals surface area (Å²) in [6.45, 7) is 3.10. The van der Waals surface area contributed by atoms with Gasteiger partial charge < -0.3 is 14.8 Å². The van der Waals surface area contributed by atoms with E-state index in [2.05, 4.69) is 10.3 Å². The lowest BCUT2D eigenvalue weighted by Gasteiger charge is -2.03. The molecule has 0 aliphatic heterocycles. The van der Waals surface area contributed by atoms with Crippen LogP contribution in [-0.2, 0) is 22.6 Å². The van der Waals surface area contributed by atoms with E-state index in [1.54, 1.807) is 14.2 Å². The summed E-state index contributed by atoms with van der Waals surface area (Å²) in [7, 11) is 3.44. The van der Waals surface area contributed by atoms with Crippen molar-refractivity contribution in [3.8, 4) is 0 Å². The summed E-state index contributed by atoms with van der Waals surface area (Å²) >= 11 is 1.83. The number of methoxy groups -OCH3 is 2. The molecule has 1 N–H and O–H groups in total. The Kier molecular flexibility index (Phi) is 4.91. The van der Waals surface area contributed by atoms with Gasteiger partial charge >= 0.3 is 0 Å². The Morgan fingerprint density at radius 2 is 2.18 bits per heavy atom. The number of hydrogen-bond acceptors (Lipinski definition) is 5. The molecule has 1 saturated carbocycles. The topological polar surface area (TPSA) is 43.4 Å². The monoisotopic (exact) mass is 256 g/mol. The molecule has 1 aliphatic rings. The molecule has 4 nitrogen and oxygen atoms in total. The maximum absolute atomic E-state index is 5.20. The van der Waals surface area contributed by atoms with Crippen molar-refractivity contribution in [3.05, 3.63) is 15.6 Å². The van der Waals surface area contributed by atoms with Crippen LogP contribution in [0.15, 0.2) is 0 Å². The molecule has 0 spiro atoms. The molecule has 2 rings (SSSR count). The molecule has 1 aromatic heterocycles. The summed E-state index contributed by atoms with van der Waals surface area (Å²) in [6, 6.07) is 0. The van der Waals surface area contributed by atoms with Crippen molar-refractivity contribution in [2.45, 2.75) is 31.9 Å². The lowest BCUT2D eigenvalue weighted by Crippen LogP contribution is -2.18. The zero-order valence-corrected chi connectivity index (χ0v) is 11.3. The normalized spacial score (nSPS) is 15.4. The minimum absolute atomic E-state index is 0.616. The van der Waals surface area contributed by atoms with Crippen molar-refractivity contribution in [2.24, 2.45) is 0 Å². The summed E-state index contributed by atoms with van der Waals surface area (Å²) < 4.78 is 10.2. The molecule has 0 radical (unpaired) electrons. The van der Waals surface area contributed by atoms with E-state index in [1.165, 1.54) is 22.7 Å². The summed E-state index contributed by atoms with van der Waals surface area (Å²) in [5.74, 6) is 0.725. The summed E-state index contributed by atoms with van der Waals surface area (Å²) in [5.41, 5.74) is 1.10. The molecule has 0 bridgehead atoms. The van der Waals surface area contributed by atoms with Crippen molar-refractivity contribution in [1.82, 2.24) is 10.3 Å². The quantitative estimate of drug-likeness (QED) is 0.722. The number of nitrogens with one attached hydrogen (secondary N) is 1. The van der Waals surface area contributed by atoms with Gasteiger partial charge in [0.25, 0.3) is 0 Å². The van der Waals surface area contributed by atoms with Gasteiger partial charge in [0.1, 0.15) is 0 Å². The first-order valence-electron chi connectivity index (χ1n) is 6.02. The predicted octanol–water partition coefficient (Wildman–Crippen LogP) is 1.90. The van der Waals surface area contributed by atoms with Crippen molar-refractivity contribution >= 4 is 11.3 Å². The van der Waals surface area contributed by atoms with Gasteiger partial charge in [0, 0.05) is 38.1 Å². The molecule has 5 heteroatoms. The van der Waals surface area contributed by atoms with Gasteiger partial charge in [0.05, 0.1) is 23.9 Å². The third-order valence-electron chi connectivity index (χ3n) is 2.77. The molecule has 0 unspecified atom stereocenters. The third-order valence-corrected chi connectivity index (χ3v) is 4.03. The van der Waals surface area contributed by atoms with Gasteiger partial charge in [-0.15, -0.1) is 11.3 Å². The zero-order valence-electron chi connectivity index (χ0n) is 10.5. The van der Waals surface area contributed by atoms with Crippen molar-refractivity contribution in [2.75, 3.05) is 27.4 Å². The van der Waals surface area contributed by atoms with Crippen molar-refractivity contribution in [3.63, 3.8) is 0 Å². The fraction of sp³-hybridized carbons (Fsp3) is 0.750. The van der Waals surface area contributed by atoms with Crippen molar-refractivity contribution < 1.29 is 9.47 Å². The Morgan fingerprint density at radius 1 is 1.35 bits per heavy atom. The average molecular weight is 256 g/mol. The van der Waals surface area contributed by atoms with Crippen LogP contribution in [0.1, 0.15) is 34.3 Å². The Morgan fingerprint density at radius 3 is 2.82 bits per heavy atom. The van der Waals surface area contributed by atoms with Crippen LogP contribution in [0.5, 0.6) is 0 Å². The van der Waals surface area contributed by atoms with Crippen LogP contribution in [0, 0.1) is 0 Å². The Bertz CT molecular complexity index is 350. The lowest BCUT2D eigenvalue weighted by atomic mass is 10.3. The van der Waals surface area contributed by atoms with E-state index >= 15 is 0 Å². The second kappa shape index (κ2) is 6.44. The van der Waals surface area contributed by atoms with Gasteiger partial charge in [-0.05, 0) is 12.8 Å². The molecule has 0 amide bonds. The van der Waals surface area contributed by atoms with E-state index < -0.39 is 0 Å². The first kappa shape index (κ1) is 13.0. The standard InChI is InChI=1S/C12H20N2O2S/c1-15-6-5-13-7-11-10(8-16-2)14-12(17-11)9-3-4-9/h9,13H,3-8H2,1-2H3. The van der Waals surface area contributed by atoms with E-state index in [1.807, 2.05) is 11.3 Å². The van der Waals surface area contributed by atoms with Gasteiger partial charge in [-0.2, -0.15) is 0 Å². The SMILES string of the molecule is COCCNCc1sc(C2CC2)nc1COC. The number of hydrogen-bond donors (Lipinski definition) is 1. The number of aromatic nitrogens is 1. The number of ether oxygens (including phenoxy) is 2. The Hall–Kier alpha value is -0.490. The predicted molar refractivity (Wildman–Crippen MR) is 68.4 cm³/mol. The van der Waals surface area contributed by atoms with E-state index in [0.29, 0.717) is 6.61 Å². The van der Waals surface area contributed by atoms with Crippen molar-refractivity contribution in [1.29, 1.82) is 0 Å². The van der Waals surface area contributed by atoms with Crippen LogP contribution in [0.25, 0.3) is 0 Å². The highest BCUT2D eigenvalue weighted by Gasteiger charge is 2.28. The van der Waals surface area contributed by atoms with E-state index in [-0.39, 0.29) is 0 Å². The molecule has 0 aromatic carbocycles. The highest BCUT2D eigenvalue weighted by Crippen LogP contribution is 2.42. The minimum atomic E-state index is 0.616. The second-order valence-electron chi connectivity index (χ2n) is 4.30. The summed E-state index contributed by atoms with van der Waals surface area (Å²) in [6.07, 6.45) is 2.60. The molecule has 0 atom stereocenters. The second-order valence-corrected chi connectivity index (χ2v) is 5.41. The molecule has 17 heavy (non-hydrogen) atoms. The summed E-state index contributed by atoms with van der Waals surface area (Å²) in [5, 5.41) is 4.66. The van der Waals surface area contributed by atoms with E-state index in [9.17, 15) is 0 Å². The van der Waals surface area contributed by atoms with Crippen LogP contribution in [0.2, 0.25) is 0 Å². The van der Waals surface area contributed by atoms with Crippen LogP contribution < -0.4 is 5.32 Å². The van der Waals surface area contributed by atoms with Crippen LogP contribution >= 0.6 is 11.3 Å². The largest absolute Gasteiger partial charge is 0.383 e. The molecule has 1 fully saturated rings. The minimum Gasteiger partial charge on any atom is -0.383 e. The first-order valence-corrected chi connectivity index (χ1v) is 6.84. The Labute approximate surface area is 106 Å². The van der Waals surface area contributed by atoms with Gasteiger partial charge in [0.2, 0.25) is 0 Å². The fourth-order valence-corrected chi connectivity index (χ4v) is 2.88. The Balaban J connectivity index is 1.92. The third kappa shape index (κ3) is 3.74. The highest BCUT2D eigenvalue weighted by atomic mass is 32.1. The molecule has 1 aliphatic carbocycles. The van der Waals surface area contributed by atoms with E-state index in [0.717, 1.165) is 31.3 Å². The van der Waals surface area contributed by atoms with E-state index in [4.69, 9.17) is 9.47 Å². The highest BCUT2D eigenvalue weighted by molar-refractivity contribution is 7.11. The average Bonchev–Trinajstić information content (AvgIpc) is 3.10. The lowest BCUT2D eigenvalue weighted by molar-refractivity contribution is 0.180. The van der Waals surface area contributed by atoms with Crippen LogP contribution in [0.4, 0.5) is 0 Å². The number of rotatable bonds is 8. The maximum atomic E-state index is 5.20. The molecule has 1 heterocycles. The molecular formula is C12H20N2O2S. The van der Waals surface area contributed by atoms with Gasteiger partial charge in [-0.25, -0.2) is 4.98 Å².